The van der Waals surface area contributed by atoms with Crippen LogP contribution in [0.5, 0.6) is 0 Å². The molecule has 9 heteroatoms. The Balaban J connectivity index is 2.23. The summed E-state index contributed by atoms with van der Waals surface area (Å²) in [6, 6.07) is 0. The summed E-state index contributed by atoms with van der Waals surface area (Å²) in [4.78, 5) is 11.8. The van der Waals surface area contributed by atoms with Gasteiger partial charge in [0.1, 0.15) is 30.5 Å². The van der Waals surface area contributed by atoms with Gasteiger partial charge in [-0.3, -0.25) is 4.79 Å². The molecular formula is C26H48O9. The lowest BCUT2D eigenvalue weighted by Crippen LogP contribution is -2.59. The van der Waals surface area contributed by atoms with Crippen LogP contribution in [0.2, 0.25) is 0 Å². The molecule has 6 atom stereocenters. The molecule has 1 fully saturated rings. The normalized spacial score (nSPS) is 25.7. The van der Waals surface area contributed by atoms with E-state index in [0.717, 1.165) is 25.7 Å². The number of carbonyl (C=O) groups excluding carboxylic acids is 1. The summed E-state index contributed by atoms with van der Waals surface area (Å²) in [5.74, 6) is -0.406. The fourth-order valence-electron chi connectivity index (χ4n) is 3.74. The maximum atomic E-state index is 11.8. The summed E-state index contributed by atoms with van der Waals surface area (Å²) in [6.07, 6.45) is 8.96. The third-order valence-corrected chi connectivity index (χ3v) is 5.99. The zero-order valence-electron chi connectivity index (χ0n) is 21.6. The topological polar surface area (TPSA) is 135 Å². The Bertz CT molecular complexity index is 555. The van der Waals surface area contributed by atoms with Crippen LogP contribution < -0.4 is 0 Å². The van der Waals surface area contributed by atoms with Crippen LogP contribution in [0.1, 0.15) is 84.5 Å². The summed E-state index contributed by atoms with van der Waals surface area (Å²) < 4.78 is 21.9. The molecule has 0 amide bonds. The summed E-state index contributed by atoms with van der Waals surface area (Å²) in [7, 11) is 0. The van der Waals surface area contributed by atoms with Crippen molar-refractivity contribution in [2.24, 2.45) is 0 Å². The Morgan fingerprint density at radius 3 is 2.20 bits per heavy atom. The van der Waals surface area contributed by atoms with Crippen LogP contribution in [0.15, 0.2) is 12.2 Å². The standard InChI is InChI=1S/C26H48O9/c1-3-5-6-7-8-9-10-11-12-13-14-15-16-32-18-20(34-22(28)4-2)19-33-26-25(31)24(30)23(29)21(17-27)35-26/h7-8,20-21,23-27,29-31H,3-6,9-19H2,1-2H3/b8-7-. The molecule has 0 saturated carbocycles. The van der Waals surface area contributed by atoms with Crippen LogP contribution in [0, 0.1) is 0 Å². The zero-order chi connectivity index (χ0) is 25.9. The highest BCUT2D eigenvalue weighted by atomic mass is 16.7. The first-order valence-electron chi connectivity index (χ1n) is 13.3. The lowest BCUT2D eigenvalue weighted by atomic mass is 9.99. The first kappa shape index (κ1) is 32.0. The van der Waals surface area contributed by atoms with Gasteiger partial charge in [-0.05, 0) is 25.7 Å². The van der Waals surface area contributed by atoms with Crippen molar-refractivity contribution in [2.75, 3.05) is 26.4 Å². The van der Waals surface area contributed by atoms with Gasteiger partial charge in [0, 0.05) is 13.0 Å². The van der Waals surface area contributed by atoms with Crippen molar-refractivity contribution in [1.82, 2.24) is 0 Å². The van der Waals surface area contributed by atoms with E-state index in [1.54, 1.807) is 6.92 Å². The molecule has 0 aromatic heterocycles. The molecular weight excluding hydrogens is 456 g/mol. The molecule has 1 rings (SSSR count). The molecule has 4 N–H and O–H groups in total. The van der Waals surface area contributed by atoms with Gasteiger partial charge in [0.25, 0.3) is 0 Å². The Labute approximate surface area is 210 Å². The van der Waals surface area contributed by atoms with E-state index < -0.39 is 49.4 Å². The average Bonchev–Trinajstić information content (AvgIpc) is 2.86. The first-order chi connectivity index (χ1) is 16.9. The molecule has 35 heavy (non-hydrogen) atoms. The molecule has 9 nitrogen and oxygen atoms in total. The summed E-state index contributed by atoms with van der Waals surface area (Å²) >= 11 is 0. The van der Waals surface area contributed by atoms with E-state index in [1.807, 2.05) is 0 Å². The smallest absolute Gasteiger partial charge is 0.305 e. The fraction of sp³-hybridized carbons (Fsp3) is 0.885. The summed E-state index contributed by atoms with van der Waals surface area (Å²) in [5.41, 5.74) is 0. The van der Waals surface area contributed by atoms with Crippen LogP contribution in [0.3, 0.4) is 0 Å². The largest absolute Gasteiger partial charge is 0.457 e. The van der Waals surface area contributed by atoms with E-state index in [0.29, 0.717) is 6.61 Å². The molecule has 1 heterocycles. The second kappa shape index (κ2) is 20.0. The maximum absolute atomic E-state index is 11.8. The molecule has 206 valence electrons. The van der Waals surface area contributed by atoms with Crippen LogP contribution in [-0.2, 0) is 23.7 Å². The Hall–Kier alpha value is -1.07. The van der Waals surface area contributed by atoms with Crippen molar-refractivity contribution in [3.05, 3.63) is 12.2 Å². The van der Waals surface area contributed by atoms with Crippen LogP contribution in [-0.4, -0.2) is 89.6 Å². The third-order valence-electron chi connectivity index (χ3n) is 5.99. The SMILES string of the molecule is CCCC/C=C\CCCCCCCCOCC(COC1OC(CO)C(O)C(O)C1O)OC(=O)CC. The minimum atomic E-state index is -1.53. The number of unbranched alkanes of at least 4 members (excludes halogenated alkanes) is 8. The highest BCUT2D eigenvalue weighted by molar-refractivity contribution is 5.69. The first-order valence-corrected chi connectivity index (χ1v) is 13.3. The minimum absolute atomic E-state index is 0.124. The molecule has 1 saturated heterocycles. The Morgan fingerprint density at radius 1 is 0.886 bits per heavy atom. The highest BCUT2D eigenvalue weighted by Gasteiger charge is 2.44. The molecule has 0 aromatic rings. The lowest BCUT2D eigenvalue weighted by Gasteiger charge is -2.39. The van der Waals surface area contributed by atoms with Gasteiger partial charge in [-0.15, -0.1) is 0 Å². The number of carbonyl (C=O) groups is 1. The van der Waals surface area contributed by atoms with Crippen LogP contribution in [0.25, 0.3) is 0 Å². The van der Waals surface area contributed by atoms with Gasteiger partial charge in [-0.25, -0.2) is 0 Å². The van der Waals surface area contributed by atoms with Crippen molar-refractivity contribution in [1.29, 1.82) is 0 Å². The van der Waals surface area contributed by atoms with E-state index in [9.17, 15) is 25.2 Å². The number of esters is 1. The fourth-order valence-corrected chi connectivity index (χ4v) is 3.74. The van der Waals surface area contributed by atoms with Gasteiger partial charge in [-0.1, -0.05) is 64.5 Å². The lowest BCUT2D eigenvalue weighted by molar-refractivity contribution is -0.305. The van der Waals surface area contributed by atoms with Crippen LogP contribution in [0.4, 0.5) is 0 Å². The molecule has 0 aromatic carbocycles. The van der Waals surface area contributed by atoms with E-state index in [-0.39, 0.29) is 19.6 Å². The Morgan fingerprint density at radius 2 is 1.54 bits per heavy atom. The number of aliphatic hydroxyl groups is 4. The second-order valence-corrected chi connectivity index (χ2v) is 9.09. The van der Waals surface area contributed by atoms with E-state index in [2.05, 4.69) is 19.1 Å². The second-order valence-electron chi connectivity index (χ2n) is 9.09. The molecule has 0 spiro atoms. The molecule has 1 aliphatic rings. The van der Waals surface area contributed by atoms with E-state index >= 15 is 0 Å². The number of ether oxygens (including phenoxy) is 4. The number of allylic oxidation sites excluding steroid dienone is 2. The monoisotopic (exact) mass is 504 g/mol. The predicted molar refractivity (Wildman–Crippen MR) is 132 cm³/mol. The van der Waals surface area contributed by atoms with Gasteiger partial charge >= 0.3 is 5.97 Å². The number of hydrogen-bond donors (Lipinski definition) is 4. The van der Waals surface area contributed by atoms with Crippen molar-refractivity contribution in [3.63, 3.8) is 0 Å². The van der Waals surface area contributed by atoms with Gasteiger partial charge in [0.2, 0.25) is 0 Å². The van der Waals surface area contributed by atoms with Crippen molar-refractivity contribution < 1.29 is 44.2 Å². The quantitative estimate of drug-likeness (QED) is 0.112. The molecule has 1 aliphatic heterocycles. The van der Waals surface area contributed by atoms with E-state index in [4.69, 9.17) is 18.9 Å². The Kier molecular flexibility index (Phi) is 18.3. The van der Waals surface area contributed by atoms with Gasteiger partial charge in [-0.2, -0.15) is 0 Å². The van der Waals surface area contributed by atoms with Crippen LogP contribution >= 0.6 is 0 Å². The average molecular weight is 505 g/mol. The maximum Gasteiger partial charge on any atom is 0.305 e. The van der Waals surface area contributed by atoms with Gasteiger partial charge in [0.15, 0.2) is 6.29 Å². The summed E-state index contributed by atoms with van der Waals surface area (Å²) in [5, 5.41) is 39.1. The van der Waals surface area contributed by atoms with Crippen molar-refractivity contribution >= 4 is 5.97 Å². The van der Waals surface area contributed by atoms with E-state index in [1.165, 1.54) is 38.5 Å². The summed E-state index contributed by atoms with van der Waals surface area (Å²) in [6.45, 7) is 3.90. The molecule has 0 aliphatic carbocycles. The minimum Gasteiger partial charge on any atom is -0.457 e. The number of rotatable bonds is 20. The molecule has 6 unspecified atom stereocenters. The van der Waals surface area contributed by atoms with Crippen molar-refractivity contribution in [3.8, 4) is 0 Å². The third kappa shape index (κ3) is 13.7. The van der Waals surface area contributed by atoms with Crippen molar-refractivity contribution in [2.45, 2.75) is 121 Å². The zero-order valence-corrected chi connectivity index (χ0v) is 21.6. The van der Waals surface area contributed by atoms with Gasteiger partial charge in [0.05, 0.1) is 19.8 Å². The highest BCUT2D eigenvalue weighted by Crippen LogP contribution is 2.22. The number of hydrogen-bond acceptors (Lipinski definition) is 9. The number of aliphatic hydroxyl groups excluding tert-OH is 4. The predicted octanol–water partition coefficient (Wildman–Crippen LogP) is 2.62. The van der Waals surface area contributed by atoms with Gasteiger partial charge < -0.3 is 39.4 Å². The molecule has 0 radical (unpaired) electrons. The molecule has 0 bridgehead atoms.